The van der Waals surface area contributed by atoms with Gasteiger partial charge in [0, 0.05) is 47.6 Å². The minimum atomic E-state index is -0.0290. The quantitative estimate of drug-likeness (QED) is 0.0427. The standard InChI is InChI=1S/C38H38N4O.C34H34N4O/c1-3-9-29(10-4-1)31-17-21-33(22-18-31)37(15-7-13-35-25-39-27-41-35)43-38(16-8-14-36-26-40-28-42-36)34-23-19-32(20-24-34)30-11-5-2-6-12-30;1-3-9-27-19-29(17-15-25(27)7-1)33(13-5-11-31-21-35-23-37-31)39-34(14-6-12-32-22-36-24-38-32)30-18-16-26-8-2-4-10-28(26)20-30/h1-6,9-12,17-28,37-38H,7-8,13-16H2,(H,39,41)(H,40,42);1-4,7-10,15-24,33-34H,5-6,11-14H2,(H,35,37)(H,36,38). The van der Waals surface area contributed by atoms with E-state index in [-0.39, 0.29) is 24.4 Å². The van der Waals surface area contributed by atoms with Gasteiger partial charge in [-0.05, 0) is 155 Å². The Morgan fingerprint density at radius 1 is 0.280 bits per heavy atom. The lowest BCUT2D eigenvalue weighted by Crippen LogP contribution is -2.12. The van der Waals surface area contributed by atoms with Crippen LogP contribution in [0.15, 0.2) is 244 Å². The molecule has 412 valence electrons. The summed E-state index contributed by atoms with van der Waals surface area (Å²) in [7, 11) is 0. The van der Waals surface area contributed by atoms with Crippen molar-refractivity contribution in [2.45, 2.75) is 101 Å². The number of rotatable bonds is 26. The van der Waals surface area contributed by atoms with Crippen LogP contribution in [0, 0.1) is 0 Å². The van der Waals surface area contributed by atoms with Crippen LogP contribution in [0.5, 0.6) is 0 Å². The van der Waals surface area contributed by atoms with Crippen molar-refractivity contribution in [1.29, 1.82) is 0 Å². The summed E-state index contributed by atoms with van der Waals surface area (Å²) in [5.41, 5.74) is 14.4. The van der Waals surface area contributed by atoms with Gasteiger partial charge in [-0.15, -0.1) is 0 Å². The Balaban J connectivity index is 0.000000173. The minimum absolute atomic E-state index is 0.0128. The van der Waals surface area contributed by atoms with E-state index in [2.05, 4.69) is 234 Å². The third kappa shape index (κ3) is 15.3. The Morgan fingerprint density at radius 3 is 0.878 bits per heavy atom. The summed E-state index contributed by atoms with van der Waals surface area (Å²) >= 11 is 0. The first-order chi connectivity index (χ1) is 40.6. The molecule has 0 spiro atoms. The van der Waals surface area contributed by atoms with Gasteiger partial charge >= 0.3 is 0 Å². The van der Waals surface area contributed by atoms with Gasteiger partial charge < -0.3 is 29.4 Å². The number of hydrogen-bond acceptors (Lipinski definition) is 6. The van der Waals surface area contributed by atoms with Crippen LogP contribution in [0.2, 0.25) is 0 Å². The molecular weight excluding hydrogens is 1010 g/mol. The van der Waals surface area contributed by atoms with Crippen LogP contribution in [-0.4, -0.2) is 39.9 Å². The number of H-pyrrole nitrogens is 4. The van der Waals surface area contributed by atoms with Crippen LogP contribution in [0.4, 0.5) is 0 Å². The number of hydrogen-bond donors (Lipinski definition) is 4. The first-order valence-corrected chi connectivity index (χ1v) is 29.1. The van der Waals surface area contributed by atoms with E-state index in [0.717, 1.165) is 99.8 Å². The van der Waals surface area contributed by atoms with E-state index in [4.69, 9.17) is 9.47 Å². The number of fused-ring (bicyclic) bond motifs is 2. The van der Waals surface area contributed by atoms with Crippen molar-refractivity contribution >= 4 is 21.5 Å². The van der Waals surface area contributed by atoms with Crippen molar-refractivity contribution in [1.82, 2.24) is 39.9 Å². The highest BCUT2D eigenvalue weighted by Crippen LogP contribution is 2.38. The Bertz CT molecular complexity index is 3470. The van der Waals surface area contributed by atoms with Gasteiger partial charge in [-0.3, -0.25) is 0 Å². The van der Waals surface area contributed by atoms with E-state index in [1.165, 1.54) is 66.1 Å². The summed E-state index contributed by atoms with van der Waals surface area (Å²) < 4.78 is 14.2. The highest BCUT2D eigenvalue weighted by molar-refractivity contribution is 5.84. The average Bonchev–Trinajstić information content (AvgIpc) is 4.51. The summed E-state index contributed by atoms with van der Waals surface area (Å²) in [6, 6.07) is 69.5. The molecule has 0 amide bonds. The zero-order valence-electron chi connectivity index (χ0n) is 46.5. The molecule has 0 bridgehead atoms. The number of ether oxygens (including phenoxy) is 2. The van der Waals surface area contributed by atoms with Gasteiger partial charge in [-0.2, -0.15) is 0 Å². The molecule has 10 nitrogen and oxygen atoms in total. The Labute approximate surface area is 481 Å². The SMILES string of the molecule is c1ccc(-c2ccc(C(CCCc3cnc[nH]3)OC(CCCc3cnc[nH]3)c3ccc(-c4ccccc4)cc3)cc2)cc1.c1ccc2cc(C(CCCc3cnc[nH]3)OC(CCCc3cnc[nH]3)c3ccc4ccccc4c3)ccc2c1. The van der Waals surface area contributed by atoms with Crippen LogP contribution >= 0.6 is 0 Å². The molecule has 4 N–H and O–H groups in total. The number of imidazole rings is 4. The molecule has 4 atom stereocenters. The molecular formula is C72H72N8O2. The van der Waals surface area contributed by atoms with Crippen LogP contribution in [-0.2, 0) is 35.2 Å². The second-order valence-corrected chi connectivity index (χ2v) is 21.3. The van der Waals surface area contributed by atoms with Gasteiger partial charge in [-0.1, -0.05) is 182 Å². The number of aromatic amines is 4. The van der Waals surface area contributed by atoms with Crippen molar-refractivity contribution in [3.63, 3.8) is 0 Å². The highest BCUT2D eigenvalue weighted by Gasteiger charge is 2.23. The van der Waals surface area contributed by atoms with Gasteiger partial charge in [0.05, 0.1) is 49.7 Å². The maximum Gasteiger partial charge on any atom is 0.0921 e. The average molecular weight is 1080 g/mol. The molecule has 0 aliphatic carbocycles. The Morgan fingerprint density at radius 2 is 0.561 bits per heavy atom. The molecule has 10 heteroatoms. The van der Waals surface area contributed by atoms with Crippen molar-refractivity contribution in [3.05, 3.63) is 289 Å². The third-order valence-corrected chi connectivity index (χ3v) is 15.6. The molecule has 12 aromatic rings. The lowest BCUT2D eigenvalue weighted by atomic mass is 9.96. The van der Waals surface area contributed by atoms with E-state index >= 15 is 0 Å². The number of nitrogens with zero attached hydrogens (tertiary/aromatic N) is 4. The van der Waals surface area contributed by atoms with Crippen LogP contribution < -0.4 is 0 Å². The van der Waals surface area contributed by atoms with Gasteiger partial charge in [0.25, 0.3) is 0 Å². The van der Waals surface area contributed by atoms with Crippen molar-refractivity contribution in [2.24, 2.45) is 0 Å². The molecule has 0 aliphatic rings. The first kappa shape index (κ1) is 55.0. The molecule has 0 saturated heterocycles. The fraction of sp³-hybridized carbons (Fsp3) is 0.222. The van der Waals surface area contributed by atoms with E-state index in [1.54, 1.807) is 25.3 Å². The second kappa shape index (κ2) is 28.5. The Hall–Kier alpha value is -8.96. The molecule has 12 rings (SSSR count). The maximum atomic E-state index is 7.11. The zero-order valence-corrected chi connectivity index (χ0v) is 46.5. The van der Waals surface area contributed by atoms with Crippen molar-refractivity contribution < 1.29 is 9.47 Å². The summed E-state index contributed by atoms with van der Waals surface area (Å²) in [4.78, 5) is 29.7. The molecule has 0 saturated carbocycles. The third-order valence-electron chi connectivity index (χ3n) is 15.6. The summed E-state index contributed by atoms with van der Waals surface area (Å²) in [5, 5.41) is 5.00. The number of aromatic nitrogens is 8. The molecule has 4 unspecified atom stereocenters. The van der Waals surface area contributed by atoms with E-state index in [0.29, 0.717) is 0 Å². The second-order valence-electron chi connectivity index (χ2n) is 21.3. The number of benzene rings is 8. The fourth-order valence-electron chi connectivity index (χ4n) is 11.1. The maximum absolute atomic E-state index is 7.11. The first-order valence-electron chi connectivity index (χ1n) is 29.1. The van der Waals surface area contributed by atoms with Gasteiger partial charge in [0.2, 0.25) is 0 Å². The molecule has 0 aliphatic heterocycles. The highest BCUT2D eigenvalue weighted by atomic mass is 16.5. The topological polar surface area (TPSA) is 133 Å². The number of aryl methyl sites for hydroxylation is 4. The normalized spacial score (nSPS) is 12.9. The van der Waals surface area contributed by atoms with Crippen molar-refractivity contribution in [2.75, 3.05) is 0 Å². The molecule has 0 radical (unpaired) electrons. The molecule has 0 fully saturated rings. The molecule has 4 aromatic heterocycles. The predicted molar refractivity (Wildman–Crippen MR) is 331 cm³/mol. The monoisotopic (exact) mass is 1080 g/mol. The van der Waals surface area contributed by atoms with E-state index < -0.39 is 0 Å². The molecule has 82 heavy (non-hydrogen) atoms. The predicted octanol–water partition coefficient (Wildman–Crippen LogP) is 17.6. The summed E-state index contributed by atoms with van der Waals surface area (Å²) in [6.45, 7) is 0. The van der Waals surface area contributed by atoms with Crippen molar-refractivity contribution in [3.8, 4) is 22.3 Å². The lowest BCUT2D eigenvalue weighted by Gasteiger charge is -2.27. The van der Waals surface area contributed by atoms with Crippen LogP contribution in [0.1, 0.15) is 121 Å². The summed E-state index contributed by atoms with van der Waals surface area (Å²) in [5.74, 6) is 0. The van der Waals surface area contributed by atoms with E-state index in [9.17, 15) is 0 Å². The molecule has 8 aromatic carbocycles. The molecule has 4 heterocycles. The van der Waals surface area contributed by atoms with Gasteiger partial charge in [0.15, 0.2) is 0 Å². The van der Waals surface area contributed by atoms with Crippen LogP contribution in [0.25, 0.3) is 43.8 Å². The largest absolute Gasteiger partial charge is 0.366 e. The number of nitrogens with one attached hydrogen (secondary N) is 4. The summed E-state index contributed by atoms with van der Waals surface area (Å²) in [6.07, 6.45) is 26.1. The fourth-order valence-corrected chi connectivity index (χ4v) is 11.1. The Kier molecular flexibility index (Phi) is 19.1. The minimum Gasteiger partial charge on any atom is -0.366 e. The zero-order chi connectivity index (χ0) is 55.4. The lowest BCUT2D eigenvalue weighted by molar-refractivity contribution is -0.0258. The van der Waals surface area contributed by atoms with E-state index in [1.807, 2.05) is 24.8 Å². The van der Waals surface area contributed by atoms with Crippen LogP contribution in [0.3, 0.4) is 0 Å². The van der Waals surface area contributed by atoms with Gasteiger partial charge in [-0.25, -0.2) is 19.9 Å². The van der Waals surface area contributed by atoms with Gasteiger partial charge in [0.1, 0.15) is 0 Å². The smallest absolute Gasteiger partial charge is 0.0921 e.